The fourth-order valence-corrected chi connectivity index (χ4v) is 4.64. The van der Waals surface area contributed by atoms with Gasteiger partial charge in [0.15, 0.2) is 0 Å². The molecule has 0 saturated carbocycles. The van der Waals surface area contributed by atoms with Crippen LogP contribution in [0.25, 0.3) is 0 Å². The zero-order chi connectivity index (χ0) is 23.9. The summed E-state index contributed by atoms with van der Waals surface area (Å²) in [5, 5.41) is 5.96. The van der Waals surface area contributed by atoms with Gasteiger partial charge in [-0.05, 0) is 42.8 Å². The summed E-state index contributed by atoms with van der Waals surface area (Å²) in [6.07, 6.45) is 1.58. The van der Waals surface area contributed by atoms with Crippen LogP contribution in [-0.2, 0) is 19.5 Å². The molecule has 0 radical (unpaired) electrons. The molecule has 4 rings (SSSR count). The number of ether oxygens (including phenoxy) is 1. The first-order chi connectivity index (χ1) is 16.5. The van der Waals surface area contributed by atoms with Gasteiger partial charge in [0.25, 0.3) is 0 Å². The van der Waals surface area contributed by atoms with Crippen molar-refractivity contribution < 1.29 is 4.74 Å². The minimum atomic E-state index is -0.0719. The Morgan fingerprint density at radius 1 is 0.943 bits per heavy atom. The number of nitrogens with zero attached hydrogens (tertiary/aromatic N) is 5. The highest BCUT2D eigenvalue weighted by molar-refractivity contribution is 6.31. The Kier molecular flexibility index (Phi) is 10.3. The predicted octanol–water partition coefficient (Wildman–Crippen LogP) is 4.63. The number of piperazine rings is 1. The number of anilines is 1. The van der Waals surface area contributed by atoms with E-state index in [0.29, 0.717) is 36.9 Å². The smallest absolute Gasteiger partial charge is 0.346 e. The Morgan fingerprint density at radius 3 is 2.34 bits per heavy atom. The number of benzene rings is 2. The first-order valence-electron chi connectivity index (χ1n) is 11.8. The normalized spacial score (nSPS) is 14.1. The SMILES string of the molecule is CCc1nn(CCCN2CCN(c3cccc(Cl)c3)CC2)c(=O)n1CCOc1cccc(Cl)c1.Cl. The fraction of sp³-hybridized carbons (Fsp3) is 0.440. The van der Waals surface area contributed by atoms with E-state index in [1.54, 1.807) is 21.4 Å². The summed E-state index contributed by atoms with van der Waals surface area (Å²) >= 11 is 12.1. The van der Waals surface area contributed by atoms with Gasteiger partial charge < -0.3 is 9.64 Å². The lowest BCUT2D eigenvalue weighted by atomic mass is 10.2. The Bertz CT molecular complexity index is 1140. The topological polar surface area (TPSA) is 55.5 Å². The van der Waals surface area contributed by atoms with E-state index in [1.807, 2.05) is 37.3 Å². The molecule has 1 saturated heterocycles. The maximum Gasteiger partial charge on any atom is 0.346 e. The highest BCUT2D eigenvalue weighted by atomic mass is 35.5. The molecule has 10 heteroatoms. The highest BCUT2D eigenvalue weighted by Gasteiger charge is 2.18. The molecular weight excluding hydrogens is 509 g/mol. The third-order valence-corrected chi connectivity index (χ3v) is 6.56. The predicted molar refractivity (Wildman–Crippen MR) is 145 cm³/mol. The molecule has 3 aromatic rings. The Labute approximate surface area is 222 Å². The van der Waals surface area contributed by atoms with E-state index in [4.69, 9.17) is 27.9 Å². The van der Waals surface area contributed by atoms with Gasteiger partial charge in [-0.25, -0.2) is 9.48 Å². The number of aromatic nitrogens is 3. The molecule has 2 aromatic carbocycles. The Morgan fingerprint density at radius 2 is 1.66 bits per heavy atom. The summed E-state index contributed by atoms with van der Waals surface area (Å²) in [4.78, 5) is 17.7. The average Bonchev–Trinajstić information content (AvgIpc) is 3.14. The first kappa shape index (κ1) is 27.4. The first-order valence-corrected chi connectivity index (χ1v) is 12.6. The van der Waals surface area contributed by atoms with E-state index in [2.05, 4.69) is 21.0 Å². The number of hydrogen-bond donors (Lipinski definition) is 0. The summed E-state index contributed by atoms with van der Waals surface area (Å²) in [5.74, 6) is 1.48. The number of halogens is 3. The lowest BCUT2D eigenvalue weighted by molar-refractivity contribution is 0.248. The van der Waals surface area contributed by atoms with Crippen molar-refractivity contribution in [3.05, 3.63) is 74.9 Å². The van der Waals surface area contributed by atoms with Crippen LogP contribution in [0.2, 0.25) is 10.0 Å². The minimum Gasteiger partial charge on any atom is -0.492 e. The standard InChI is InChI=1S/C25H31Cl2N5O2.ClH/c1-2-24-28-32(25(33)31(24)16-17-34-23-9-4-7-21(27)19-23)11-5-10-29-12-14-30(15-13-29)22-8-3-6-20(26)18-22;/h3-4,6-9,18-19H,2,5,10-17H2,1H3;1H. The average molecular weight is 541 g/mol. The summed E-state index contributed by atoms with van der Waals surface area (Å²) in [6.45, 7) is 8.36. The van der Waals surface area contributed by atoms with Gasteiger partial charge >= 0.3 is 5.69 Å². The molecule has 1 aliphatic heterocycles. The Balaban J connectivity index is 0.00000342. The van der Waals surface area contributed by atoms with Gasteiger partial charge in [-0.1, -0.05) is 42.3 Å². The summed E-state index contributed by atoms with van der Waals surface area (Å²) in [7, 11) is 0. The van der Waals surface area contributed by atoms with Gasteiger partial charge in [0, 0.05) is 61.4 Å². The Hall–Kier alpha value is -2.19. The van der Waals surface area contributed by atoms with Crippen LogP contribution in [0.15, 0.2) is 53.3 Å². The quantitative estimate of drug-likeness (QED) is 0.375. The molecule has 0 amide bonds. The van der Waals surface area contributed by atoms with Crippen molar-refractivity contribution in [3.63, 3.8) is 0 Å². The van der Waals surface area contributed by atoms with Crippen LogP contribution < -0.4 is 15.3 Å². The van der Waals surface area contributed by atoms with Gasteiger partial charge in [0.1, 0.15) is 18.2 Å². The second kappa shape index (κ2) is 13.2. The van der Waals surface area contributed by atoms with Crippen molar-refractivity contribution in [1.29, 1.82) is 0 Å². The number of rotatable bonds is 10. The molecule has 0 bridgehead atoms. The molecule has 1 aromatic heterocycles. The van der Waals surface area contributed by atoms with E-state index >= 15 is 0 Å². The third kappa shape index (κ3) is 7.40. The van der Waals surface area contributed by atoms with E-state index in [1.165, 1.54) is 5.69 Å². The van der Waals surface area contributed by atoms with Crippen molar-refractivity contribution in [2.24, 2.45) is 0 Å². The van der Waals surface area contributed by atoms with Crippen molar-refractivity contribution in [3.8, 4) is 5.75 Å². The van der Waals surface area contributed by atoms with E-state index < -0.39 is 0 Å². The van der Waals surface area contributed by atoms with E-state index in [0.717, 1.165) is 50.0 Å². The van der Waals surface area contributed by atoms with Crippen LogP contribution in [0.3, 0.4) is 0 Å². The van der Waals surface area contributed by atoms with E-state index in [9.17, 15) is 4.79 Å². The second-order valence-corrected chi connectivity index (χ2v) is 9.27. The van der Waals surface area contributed by atoms with Gasteiger partial charge in [-0.2, -0.15) is 5.10 Å². The minimum absolute atomic E-state index is 0. The molecule has 7 nitrogen and oxygen atoms in total. The van der Waals surface area contributed by atoms with E-state index in [-0.39, 0.29) is 18.1 Å². The molecule has 1 fully saturated rings. The zero-order valence-electron chi connectivity index (χ0n) is 19.9. The van der Waals surface area contributed by atoms with Crippen LogP contribution in [0.4, 0.5) is 5.69 Å². The van der Waals surface area contributed by atoms with Gasteiger partial charge in [-0.15, -0.1) is 12.4 Å². The summed E-state index contributed by atoms with van der Waals surface area (Å²) < 4.78 is 9.08. The molecule has 0 spiro atoms. The molecule has 1 aliphatic rings. The van der Waals surface area contributed by atoms with Gasteiger partial charge in [0.05, 0.1) is 6.54 Å². The lowest BCUT2D eigenvalue weighted by Gasteiger charge is -2.36. The van der Waals surface area contributed by atoms with Crippen molar-refractivity contribution in [2.45, 2.75) is 32.9 Å². The van der Waals surface area contributed by atoms with Crippen LogP contribution in [0.5, 0.6) is 5.75 Å². The molecule has 0 atom stereocenters. The molecule has 0 aliphatic carbocycles. The summed E-state index contributed by atoms with van der Waals surface area (Å²) in [6, 6.07) is 15.3. The van der Waals surface area contributed by atoms with Crippen molar-refractivity contribution in [1.82, 2.24) is 19.2 Å². The van der Waals surface area contributed by atoms with Crippen molar-refractivity contribution >= 4 is 41.3 Å². The molecule has 190 valence electrons. The maximum atomic E-state index is 12.9. The third-order valence-electron chi connectivity index (χ3n) is 6.09. The monoisotopic (exact) mass is 539 g/mol. The van der Waals surface area contributed by atoms with Crippen LogP contribution in [0, 0.1) is 0 Å². The molecule has 0 N–H and O–H groups in total. The van der Waals surface area contributed by atoms with Crippen LogP contribution in [-0.4, -0.2) is 58.6 Å². The largest absolute Gasteiger partial charge is 0.492 e. The highest BCUT2D eigenvalue weighted by Crippen LogP contribution is 2.21. The molecule has 35 heavy (non-hydrogen) atoms. The zero-order valence-corrected chi connectivity index (χ0v) is 22.2. The maximum absolute atomic E-state index is 12.9. The fourth-order valence-electron chi connectivity index (χ4n) is 4.28. The second-order valence-electron chi connectivity index (χ2n) is 8.40. The molecule has 2 heterocycles. The van der Waals surface area contributed by atoms with Gasteiger partial charge in [0.2, 0.25) is 0 Å². The van der Waals surface area contributed by atoms with Crippen LogP contribution in [0.1, 0.15) is 19.2 Å². The summed E-state index contributed by atoms with van der Waals surface area (Å²) in [5.41, 5.74) is 1.10. The van der Waals surface area contributed by atoms with Crippen LogP contribution >= 0.6 is 35.6 Å². The van der Waals surface area contributed by atoms with Gasteiger partial charge in [-0.3, -0.25) is 9.47 Å². The number of hydrogen-bond acceptors (Lipinski definition) is 5. The lowest BCUT2D eigenvalue weighted by Crippen LogP contribution is -2.46. The van der Waals surface area contributed by atoms with Crippen molar-refractivity contribution in [2.75, 3.05) is 44.2 Å². The number of aryl methyl sites for hydroxylation is 2. The molecule has 0 unspecified atom stereocenters. The molecular formula is C25H32Cl3N5O2.